The molecular formula is C17H21FN2O2. The van der Waals surface area contributed by atoms with Crippen LogP contribution in [0.15, 0.2) is 18.2 Å². The number of fused-ring (bicyclic) bond motifs is 1. The third-order valence-corrected chi connectivity index (χ3v) is 4.58. The molecule has 2 N–H and O–H groups in total. The maximum absolute atomic E-state index is 14.0. The summed E-state index contributed by atoms with van der Waals surface area (Å²) >= 11 is 0. The molecule has 0 atom stereocenters. The SMILES string of the molecule is Cc1cc2c(F)ccc(C)c2nc1N1CCC(O)(CO)CC1. The number of anilines is 1. The summed E-state index contributed by atoms with van der Waals surface area (Å²) in [5.41, 5.74) is 1.57. The zero-order valence-corrected chi connectivity index (χ0v) is 12.9. The van der Waals surface area contributed by atoms with Crippen molar-refractivity contribution < 1.29 is 14.6 Å². The fourth-order valence-electron chi connectivity index (χ4n) is 3.07. The highest BCUT2D eigenvalue weighted by Gasteiger charge is 2.32. The first kappa shape index (κ1) is 15.2. The van der Waals surface area contributed by atoms with Gasteiger partial charge in [-0.15, -0.1) is 0 Å². The minimum atomic E-state index is -0.983. The van der Waals surface area contributed by atoms with Gasteiger partial charge in [0.05, 0.1) is 17.7 Å². The Balaban J connectivity index is 1.98. The molecule has 22 heavy (non-hydrogen) atoms. The van der Waals surface area contributed by atoms with Crippen LogP contribution >= 0.6 is 0 Å². The van der Waals surface area contributed by atoms with E-state index in [0.717, 1.165) is 16.9 Å². The molecule has 0 radical (unpaired) electrons. The van der Waals surface area contributed by atoms with E-state index in [1.807, 2.05) is 19.9 Å². The second kappa shape index (κ2) is 5.48. The summed E-state index contributed by atoms with van der Waals surface area (Å²) in [6.07, 6.45) is 1.01. The number of pyridine rings is 1. The monoisotopic (exact) mass is 304 g/mol. The lowest BCUT2D eigenvalue weighted by molar-refractivity contribution is -0.0326. The summed E-state index contributed by atoms with van der Waals surface area (Å²) in [7, 11) is 0. The third kappa shape index (κ3) is 2.55. The van der Waals surface area contributed by atoms with Gasteiger partial charge >= 0.3 is 0 Å². The van der Waals surface area contributed by atoms with Crippen molar-refractivity contribution >= 4 is 16.7 Å². The van der Waals surface area contributed by atoms with E-state index in [-0.39, 0.29) is 12.4 Å². The Hall–Kier alpha value is -1.72. The van der Waals surface area contributed by atoms with Crippen LogP contribution in [0.4, 0.5) is 10.2 Å². The van der Waals surface area contributed by atoms with Gasteiger partial charge in [-0.2, -0.15) is 0 Å². The quantitative estimate of drug-likeness (QED) is 0.894. The van der Waals surface area contributed by atoms with E-state index < -0.39 is 5.60 Å². The van der Waals surface area contributed by atoms with Crippen molar-refractivity contribution in [3.63, 3.8) is 0 Å². The molecule has 2 heterocycles. The molecule has 1 aromatic carbocycles. The Kier molecular flexibility index (Phi) is 3.78. The summed E-state index contributed by atoms with van der Waals surface area (Å²) in [6, 6.07) is 5.05. The lowest BCUT2D eigenvalue weighted by Crippen LogP contribution is -2.47. The smallest absolute Gasteiger partial charge is 0.132 e. The molecular weight excluding hydrogens is 283 g/mol. The highest BCUT2D eigenvalue weighted by molar-refractivity contribution is 5.85. The summed E-state index contributed by atoms with van der Waals surface area (Å²) < 4.78 is 14.0. The Morgan fingerprint density at radius 3 is 2.55 bits per heavy atom. The van der Waals surface area contributed by atoms with Gasteiger partial charge in [0.2, 0.25) is 0 Å². The molecule has 0 amide bonds. The molecule has 1 aliphatic heterocycles. The molecule has 5 heteroatoms. The van der Waals surface area contributed by atoms with Crippen molar-refractivity contribution in [1.82, 2.24) is 4.98 Å². The maximum Gasteiger partial charge on any atom is 0.132 e. The van der Waals surface area contributed by atoms with Crippen molar-refractivity contribution in [2.75, 3.05) is 24.6 Å². The molecule has 1 fully saturated rings. The van der Waals surface area contributed by atoms with Crippen molar-refractivity contribution in [3.8, 4) is 0 Å². The molecule has 1 aromatic heterocycles. The van der Waals surface area contributed by atoms with E-state index in [1.54, 1.807) is 6.07 Å². The van der Waals surface area contributed by atoms with Crippen LogP contribution in [0, 0.1) is 19.7 Å². The van der Waals surface area contributed by atoms with Gasteiger partial charge in [-0.3, -0.25) is 0 Å². The number of rotatable bonds is 2. The van der Waals surface area contributed by atoms with E-state index in [1.165, 1.54) is 6.07 Å². The number of aryl methyl sites for hydroxylation is 2. The molecule has 0 bridgehead atoms. The van der Waals surface area contributed by atoms with Gasteiger partial charge < -0.3 is 15.1 Å². The number of piperidine rings is 1. The second-order valence-electron chi connectivity index (χ2n) is 6.26. The Morgan fingerprint density at radius 2 is 1.91 bits per heavy atom. The van der Waals surface area contributed by atoms with Gasteiger partial charge in [0, 0.05) is 18.5 Å². The predicted octanol–water partition coefficient (Wildman–Crippen LogP) is 2.31. The number of aromatic nitrogens is 1. The average Bonchev–Trinajstić information content (AvgIpc) is 2.52. The second-order valence-corrected chi connectivity index (χ2v) is 6.26. The zero-order valence-electron chi connectivity index (χ0n) is 12.9. The van der Waals surface area contributed by atoms with E-state index in [2.05, 4.69) is 9.88 Å². The topological polar surface area (TPSA) is 56.6 Å². The number of hydrogen-bond donors (Lipinski definition) is 2. The average molecular weight is 304 g/mol. The molecule has 4 nitrogen and oxygen atoms in total. The fraction of sp³-hybridized carbons (Fsp3) is 0.471. The number of nitrogens with zero attached hydrogens (tertiary/aromatic N) is 2. The van der Waals surface area contributed by atoms with E-state index in [4.69, 9.17) is 0 Å². The van der Waals surface area contributed by atoms with Crippen LogP contribution in [-0.4, -0.2) is 40.5 Å². The summed E-state index contributed by atoms with van der Waals surface area (Å²) in [4.78, 5) is 6.77. The molecule has 3 rings (SSSR count). The first-order valence-corrected chi connectivity index (χ1v) is 7.58. The lowest BCUT2D eigenvalue weighted by Gasteiger charge is -2.38. The number of halogens is 1. The van der Waals surface area contributed by atoms with Crippen LogP contribution in [0.2, 0.25) is 0 Å². The third-order valence-electron chi connectivity index (χ3n) is 4.58. The zero-order chi connectivity index (χ0) is 15.9. The van der Waals surface area contributed by atoms with E-state index in [9.17, 15) is 14.6 Å². The van der Waals surface area contributed by atoms with Gasteiger partial charge in [-0.05, 0) is 49.9 Å². The minimum absolute atomic E-state index is 0.213. The molecule has 2 aromatic rings. The molecule has 1 saturated heterocycles. The van der Waals surface area contributed by atoms with Crippen molar-refractivity contribution in [1.29, 1.82) is 0 Å². The summed E-state index contributed by atoms with van der Waals surface area (Å²) in [5.74, 6) is 0.581. The summed E-state index contributed by atoms with van der Waals surface area (Å²) in [6.45, 7) is 4.90. The molecule has 1 aliphatic rings. The van der Waals surface area contributed by atoms with Crippen LogP contribution in [0.3, 0.4) is 0 Å². The van der Waals surface area contributed by atoms with Crippen molar-refractivity contribution in [2.24, 2.45) is 0 Å². The first-order chi connectivity index (χ1) is 10.4. The van der Waals surface area contributed by atoms with Gasteiger partial charge in [0.25, 0.3) is 0 Å². The Morgan fingerprint density at radius 1 is 1.23 bits per heavy atom. The number of aliphatic hydroxyl groups excluding tert-OH is 1. The van der Waals surface area contributed by atoms with Crippen LogP contribution in [0.25, 0.3) is 10.9 Å². The van der Waals surface area contributed by atoms with Gasteiger partial charge in [0.15, 0.2) is 0 Å². The molecule has 0 spiro atoms. The summed E-state index contributed by atoms with van der Waals surface area (Å²) in [5, 5.41) is 19.9. The number of benzene rings is 1. The standard InChI is InChI=1S/C17H21FN2O2/c1-11-3-4-14(18)13-9-12(2)16(19-15(11)13)20-7-5-17(22,10-21)6-8-20/h3-4,9,21-22H,5-8,10H2,1-2H3. The van der Waals surface area contributed by atoms with Gasteiger partial charge in [0.1, 0.15) is 11.6 Å². The Bertz CT molecular complexity index is 709. The highest BCUT2D eigenvalue weighted by atomic mass is 19.1. The molecule has 118 valence electrons. The minimum Gasteiger partial charge on any atom is -0.393 e. The molecule has 0 aliphatic carbocycles. The Labute approximate surface area is 129 Å². The number of hydrogen-bond acceptors (Lipinski definition) is 4. The highest BCUT2D eigenvalue weighted by Crippen LogP contribution is 2.30. The van der Waals surface area contributed by atoms with Crippen molar-refractivity contribution in [2.45, 2.75) is 32.3 Å². The maximum atomic E-state index is 14.0. The van der Waals surface area contributed by atoms with Crippen LogP contribution < -0.4 is 4.90 Å². The van der Waals surface area contributed by atoms with Crippen LogP contribution in [0.5, 0.6) is 0 Å². The first-order valence-electron chi connectivity index (χ1n) is 7.58. The normalized spacial score (nSPS) is 18.0. The largest absolute Gasteiger partial charge is 0.393 e. The van der Waals surface area contributed by atoms with Crippen molar-refractivity contribution in [3.05, 3.63) is 35.1 Å². The van der Waals surface area contributed by atoms with Gasteiger partial charge in [-0.25, -0.2) is 9.37 Å². The fourth-order valence-corrected chi connectivity index (χ4v) is 3.07. The van der Waals surface area contributed by atoms with Gasteiger partial charge in [-0.1, -0.05) is 6.07 Å². The molecule has 0 unspecified atom stereocenters. The predicted molar refractivity (Wildman–Crippen MR) is 84.7 cm³/mol. The van der Waals surface area contributed by atoms with E-state index in [0.29, 0.717) is 36.8 Å². The van der Waals surface area contributed by atoms with E-state index >= 15 is 0 Å². The number of aliphatic hydroxyl groups is 2. The molecule has 0 saturated carbocycles. The van der Waals surface area contributed by atoms with Crippen LogP contribution in [0.1, 0.15) is 24.0 Å². The van der Waals surface area contributed by atoms with Crippen LogP contribution in [-0.2, 0) is 0 Å². The lowest BCUT2D eigenvalue weighted by atomic mass is 9.92.